The summed E-state index contributed by atoms with van der Waals surface area (Å²) < 4.78 is 5.89. The van der Waals surface area contributed by atoms with E-state index in [0.29, 0.717) is 28.6 Å². The van der Waals surface area contributed by atoms with Crippen molar-refractivity contribution in [2.45, 2.75) is 31.9 Å². The van der Waals surface area contributed by atoms with Crippen molar-refractivity contribution >= 4 is 29.2 Å². The molecular formula is C24H21ClN2O4. The number of carboxylic acid groups (broad SMARTS) is 1. The Kier molecular flexibility index (Phi) is 5.91. The van der Waals surface area contributed by atoms with Gasteiger partial charge >= 0.3 is 5.97 Å². The molecule has 31 heavy (non-hydrogen) atoms. The molecule has 3 aromatic rings. The molecule has 2 atom stereocenters. The molecule has 1 aromatic heterocycles. The molecule has 0 spiro atoms. The average Bonchev–Trinajstić information content (AvgIpc) is 3.03. The second kappa shape index (κ2) is 8.78. The number of carbonyl (C=O) groups excluding carboxylic acids is 1. The third-order valence-electron chi connectivity index (χ3n) is 5.48. The molecule has 2 aromatic carbocycles. The molecule has 1 N–H and O–H groups in total. The maximum atomic E-state index is 13.3. The Morgan fingerprint density at radius 2 is 1.94 bits per heavy atom. The second-order valence-electron chi connectivity index (χ2n) is 7.50. The summed E-state index contributed by atoms with van der Waals surface area (Å²) in [6.45, 7) is 2.22. The lowest BCUT2D eigenvalue weighted by molar-refractivity contribution is -0.137. The van der Waals surface area contributed by atoms with Gasteiger partial charge < -0.3 is 14.7 Å². The zero-order valence-corrected chi connectivity index (χ0v) is 17.6. The molecule has 7 heteroatoms. The summed E-state index contributed by atoms with van der Waals surface area (Å²) in [7, 11) is 0. The fourth-order valence-corrected chi connectivity index (χ4v) is 4.07. The van der Waals surface area contributed by atoms with Crippen LogP contribution in [0.25, 0.3) is 0 Å². The molecule has 0 bridgehead atoms. The number of fused-ring (bicyclic) bond motifs is 1. The van der Waals surface area contributed by atoms with E-state index in [1.54, 1.807) is 47.6 Å². The van der Waals surface area contributed by atoms with Crippen LogP contribution in [0.15, 0.2) is 67.0 Å². The largest absolute Gasteiger partial charge is 0.489 e. The fourth-order valence-electron chi connectivity index (χ4n) is 3.94. The topological polar surface area (TPSA) is 79.7 Å². The van der Waals surface area contributed by atoms with Crippen LogP contribution in [-0.4, -0.2) is 28.0 Å². The molecule has 0 saturated carbocycles. The van der Waals surface area contributed by atoms with Gasteiger partial charge in [0.25, 0.3) is 5.91 Å². The van der Waals surface area contributed by atoms with Gasteiger partial charge in [-0.3, -0.25) is 14.6 Å². The zero-order chi connectivity index (χ0) is 22.0. The van der Waals surface area contributed by atoms with E-state index >= 15 is 0 Å². The van der Waals surface area contributed by atoms with Gasteiger partial charge in [0.2, 0.25) is 0 Å². The lowest BCUT2D eigenvalue weighted by Crippen LogP contribution is -2.37. The molecule has 0 aliphatic carbocycles. The first kappa shape index (κ1) is 20.9. The van der Waals surface area contributed by atoms with Crippen molar-refractivity contribution in [2.75, 3.05) is 4.90 Å². The van der Waals surface area contributed by atoms with Crippen molar-refractivity contribution in [3.05, 3.63) is 88.7 Å². The first-order chi connectivity index (χ1) is 14.9. The maximum absolute atomic E-state index is 13.3. The highest BCUT2D eigenvalue weighted by Gasteiger charge is 2.40. The molecule has 1 aliphatic rings. The Morgan fingerprint density at radius 1 is 1.16 bits per heavy atom. The molecule has 2 heterocycles. The first-order valence-corrected chi connectivity index (χ1v) is 10.3. The summed E-state index contributed by atoms with van der Waals surface area (Å²) in [5, 5.41) is 10.0. The van der Waals surface area contributed by atoms with Gasteiger partial charge in [0, 0.05) is 46.2 Å². The van der Waals surface area contributed by atoms with E-state index in [9.17, 15) is 14.7 Å². The average molecular weight is 437 g/mol. The number of ether oxygens (including phenoxy) is 1. The van der Waals surface area contributed by atoms with Crippen molar-refractivity contribution in [2.24, 2.45) is 0 Å². The van der Waals surface area contributed by atoms with Gasteiger partial charge in [0.1, 0.15) is 12.4 Å². The van der Waals surface area contributed by atoms with E-state index in [2.05, 4.69) is 4.98 Å². The quantitative estimate of drug-likeness (QED) is 0.593. The number of halogens is 1. The molecular weight excluding hydrogens is 416 g/mol. The molecule has 0 saturated heterocycles. The smallest absolute Gasteiger partial charge is 0.304 e. The number of carbonyl (C=O) groups is 2. The zero-order valence-electron chi connectivity index (χ0n) is 16.9. The number of hydrogen-bond acceptors (Lipinski definition) is 4. The van der Waals surface area contributed by atoms with Gasteiger partial charge in [-0.25, -0.2) is 0 Å². The Bertz CT molecular complexity index is 1100. The lowest BCUT2D eigenvalue weighted by Gasteiger charge is -2.25. The lowest BCUT2D eigenvalue weighted by atomic mass is 9.92. The third-order valence-corrected chi connectivity index (χ3v) is 5.73. The van der Waals surface area contributed by atoms with E-state index in [0.717, 1.165) is 11.1 Å². The first-order valence-electron chi connectivity index (χ1n) is 9.90. The standard InChI is InChI=1S/C24H21ClN2O4/c1-15-20(12-23(28)29)21-11-19(31-14-16-3-2-10-26-13-16)8-9-22(21)27(15)24(30)17-4-6-18(25)7-5-17/h2-11,13,15,20H,12,14H2,1H3,(H,28,29)/t15-,20-/m1/s1. The number of amides is 1. The minimum atomic E-state index is -0.912. The number of pyridine rings is 1. The van der Waals surface area contributed by atoms with Crippen LogP contribution in [0.4, 0.5) is 5.69 Å². The minimum Gasteiger partial charge on any atom is -0.489 e. The van der Waals surface area contributed by atoms with E-state index in [4.69, 9.17) is 16.3 Å². The van der Waals surface area contributed by atoms with E-state index in [-0.39, 0.29) is 24.3 Å². The van der Waals surface area contributed by atoms with E-state index in [1.165, 1.54) is 0 Å². The predicted molar refractivity (Wildman–Crippen MR) is 118 cm³/mol. The Labute approximate surface area is 185 Å². The molecule has 4 rings (SSSR count). The summed E-state index contributed by atoms with van der Waals surface area (Å²) in [6.07, 6.45) is 3.35. The highest BCUT2D eigenvalue weighted by Crippen LogP contribution is 2.45. The minimum absolute atomic E-state index is 0.0787. The number of carboxylic acids is 1. The number of aliphatic carboxylic acids is 1. The van der Waals surface area contributed by atoms with Crippen molar-refractivity contribution < 1.29 is 19.4 Å². The predicted octanol–water partition coefficient (Wildman–Crippen LogP) is 4.92. The summed E-state index contributed by atoms with van der Waals surface area (Å²) in [5.41, 5.74) is 2.92. The fraction of sp³-hybridized carbons (Fsp3) is 0.208. The van der Waals surface area contributed by atoms with Gasteiger partial charge in [0.15, 0.2) is 0 Å². The Hall–Kier alpha value is -3.38. The molecule has 1 amide bonds. The summed E-state index contributed by atoms with van der Waals surface area (Å²) in [5.74, 6) is -0.829. The molecule has 6 nitrogen and oxygen atoms in total. The molecule has 0 fully saturated rings. The summed E-state index contributed by atoms with van der Waals surface area (Å²) in [6, 6.07) is 15.6. The van der Waals surface area contributed by atoms with Crippen LogP contribution in [0.5, 0.6) is 5.75 Å². The molecule has 0 radical (unpaired) electrons. The second-order valence-corrected chi connectivity index (χ2v) is 7.93. The number of aromatic nitrogens is 1. The number of rotatable bonds is 6. The number of benzene rings is 2. The van der Waals surface area contributed by atoms with Crippen LogP contribution in [0.3, 0.4) is 0 Å². The number of hydrogen-bond donors (Lipinski definition) is 1. The van der Waals surface area contributed by atoms with E-state index < -0.39 is 5.97 Å². The van der Waals surface area contributed by atoms with Crippen LogP contribution >= 0.6 is 11.6 Å². The number of nitrogens with zero attached hydrogens (tertiary/aromatic N) is 2. The van der Waals surface area contributed by atoms with Crippen molar-refractivity contribution in [3.63, 3.8) is 0 Å². The van der Waals surface area contributed by atoms with Crippen LogP contribution < -0.4 is 9.64 Å². The third kappa shape index (κ3) is 4.39. The van der Waals surface area contributed by atoms with Crippen LogP contribution in [0.2, 0.25) is 5.02 Å². The molecule has 158 valence electrons. The molecule has 1 aliphatic heterocycles. The maximum Gasteiger partial charge on any atom is 0.304 e. The highest BCUT2D eigenvalue weighted by molar-refractivity contribution is 6.30. The van der Waals surface area contributed by atoms with Gasteiger partial charge in [-0.05, 0) is 61.0 Å². The monoisotopic (exact) mass is 436 g/mol. The number of anilines is 1. The van der Waals surface area contributed by atoms with Gasteiger partial charge in [-0.2, -0.15) is 0 Å². The SMILES string of the molecule is C[C@@H]1[C@@H](CC(=O)O)c2cc(OCc3cccnc3)ccc2N1C(=O)c1ccc(Cl)cc1. The van der Waals surface area contributed by atoms with Crippen molar-refractivity contribution in [3.8, 4) is 5.75 Å². The molecule has 0 unspecified atom stereocenters. The van der Waals surface area contributed by atoms with Crippen LogP contribution in [0, 0.1) is 0 Å². The van der Waals surface area contributed by atoms with Crippen molar-refractivity contribution in [1.82, 2.24) is 4.98 Å². The Balaban J connectivity index is 1.65. The Morgan fingerprint density at radius 3 is 2.61 bits per heavy atom. The summed E-state index contributed by atoms with van der Waals surface area (Å²) in [4.78, 5) is 30.5. The highest BCUT2D eigenvalue weighted by atomic mass is 35.5. The summed E-state index contributed by atoms with van der Waals surface area (Å²) >= 11 is 5.95. The van der Waals surface area contributed by atoms with Gasteiger partial charge in [-0.15, -0.1) is 0 Å². The van der Waals surface area contributed by atoms with Gasteiger partial charge in [-0.1, -0.05) is 17.7 Å². The van der Waals surface area contributed by atoms with Crippen LogP contribution in [0.1, 0.15) is 40.7 Å². The van der Waals surface area contributed by atoms with Crippen molar-refractivity contribution in [1.29, 1.82) is 0 Å². The van der Waals surface area contributed by atoms with Crippen LogP contribution in [-0.2, 0) is 11.4 Å². The van der Waals surface area contributed by atoms with E-state index in [1.807, 2.05) is 31.2 Å². The van der Waals surface area contributed by atoms with Gasteiger partial charge in [0.05, 0.1) is 6.42 Å². The normalized spacial score (nSPS) is 17.3.